The van der Waals surface area contributed by atoms with Crippen LogP contribution < -0.4 is 0 Å². The Balaban J connectivity index is 3.52. The lowest BCUT2D eigenvalue weighted by molar-refractivity contribution is -0.385. The molecule has 1 rings (SSSR count). The molecule has 0 fully saturated rings. The molecule has 9 heteroatoms. The number of carboxylic acids is 1. The van der Waals surface area contributed by atoms with Crippen molar-refractivity contribution < 1.29 is 28.0 Å². The van der Waals surface area contributed by atoms with Gasteiger partial charge in [-0.05, 0) is 0 Å². The van der Waals surface area contributed by atoms with Crippen molar-refractivity contribution in [3.05, 3.63) is 33.4 Å². The van der Waals surface area contributed by atoms with Crippen LogP contribution in [0, 0.1) is 16.1 Å². The second-order valence-electron chi connectivity index (χ2n) is 2.60. The fraction of sp³-hybridized carbons (Fsp3) is 0.143. The minimum absolute atomic E-state index is 0.233. The number of nitro groups is 1. The van der Waals surface area contributed by atoms with Gasteiger partial charge in [0.05, 0.1) is 4.92 Å². The first-order valence-corrected chi connectivity index (χ1v) is 3.71. The number of hydrogen-bond donors (Lipinski definition) is 1. The van der Waals surface area contributed by atoms with E-state index in [-0.39, 0.29) is 6.07 Å². The Morgan fingerprint density at radius 3 is 2.50 bits per heavy atom. The van der Waals surface area contributed by atoms with E-state index in [9.17, 15) is 28.1 Å². The van der Waals surface area contributed by atoms with Crippen LogP contribution in [0.5, 0.6) is 0 Å². The van der Waals surface area contributed by atoms with Gasteiger partial charge in [0.2, 0.25) is 5.95 Å². The van der Waals surface area contributed by atoms with Gasteiger partial charge in [-0.3, -0.25) is 10.1 Å². The maximum Gasteiger partial charge on any atom is 0.347 e. The minimum atomic E-state index is -3.23. The molecule has 0 unspecified atom stereocenters. The van der Waals surface area contributed by atoms with Gasteiger partial charge in [-0.1, -0.05) is 0 Å². The van der Waals surface area contributed by atoms with E-state index in [4.69, 9.17) is 5.11 Å². The Hall–Kier alpha value is -2.19. The van der Waals surface area contributed by atoms with Crippen molar-refractivity contribution in [3.63, 3.8) is 0 Å². The third-order valence-corrected chi connectivity index (χ3v) is 1.61. The summed E-state index contributed by atoms with van der Waals surface area (Å²) in [5, 5.41) is 18.8. The van der Waals surface area contributed by atoms with Crippen LogP contribution in [0.1, 0.15) is 22.5 Å². The molecule has 86 valence electrons. The first kappa shape index (κ1) is 11.9. The highest BCUT2D eigenvalue weighted by atomic mass is 19.3. The average molecular weight is 236 g/mol. The van der Waals surface area contributed by atoms with Crippen LogP contribution in [0.2, 0.25) is 0 Å². The van der Waals surface area contributed by atoms with Crippen LogP contribution >= 0.6 is 0 Å². The molecule has 1 aromatic rings. The zero-order chi connectivity index (χ0) is 12.5. The monoisotopic (exact) mass is 236 g/mol. The summed E-state index contributed by atoms with van der Waals surface area (Å²) in [6, 6.07) is 0.233. The van der Waals surface area contributed by atoms with E-state index >= 15 is 0 Å². The van der Waals surface area contributed by atoms with Gasteiger partial charge in [-0.25, -0.2) is 18.6 Å². The lowest BCUT2D eigenvalue weighted by Crippen LogP contribution is -2.09. The molecule has 0 bridgehead atoms. The number of nitrogens with zero attached hydrogens (tertiary/aromatic N) is 2. The molecule has 0 aliphatic rings. The van der Waals surface area contributed by atoms with E-state index in [1.165, 1.54) is 0 Å². The number of halogens is 3. The molecule has 6 nitrogen and oxygen atoms in total. The largest absolute Gasteiger partial charge is 0.477 e. The first-order chi connectivity index (χ1) is 7.34. The van der Waals surface area contributed by atoms with Crippen LogP contribution in [-0.2, 0) is 0 Å². The quantitative estimate of drug-likeness (QED) is 0.490. The number of hydrogen-bond acceptors (Lipinski definition) is 4. The summed E-state index contributed by atoms with van der Waals surface area (Å²) in [7, 11) is 0. The molecular formula is C7H3F3N2O4. The van der Waals surface area contributed by atoms with Gasteiger partial charge in [-0.2, -0.15) is 4.39 Å². The molecule has 1 heterocycles. The molecular weight excluding hydrogens is 233 g/mol. The van der Waals surface area contributed by atoms with Crippen LogP contribution in [0.15, 0.2) is 6.07 Å². The topological polar surface area (TPSA) is 93.3 Å². The molecule has 0 saturated heterocycles. The molecule has 0 aliphatic heterocycles. The van der Waals surface area contributed by atoms with Gasteiger partial charge in [0.1, 0.15) is 5.69 Å². The van der Waals surface area contributed by atoms with E-state index in [1.54, 1.807) is 0 Å². The summed E-state index contributed by atoms with van der Waals surface area (Å²) in [6.07, 6.45) is -3.23. The first-order valence-electron chi connectivity index (χ1n) is 3.71. The Kier molecular flexibility index (Phi) is 3.06. The maximum absolute atomic E-state index is 13.0. The maximum atomic E-state index is 13.0. The fourth-order valence-electron chi connectivity index (χ4n) is 0.973. The van der Waals surface area contributed by atoms with E-state index in [0.717, 1.165) is 0 Å². The van der Waals surface area contributed by atoms with Crippen molar-refractivity contribution in [2.24, 2.45) is 0 Å². The number of carbonyl (C=O) groups is 1. The fourth-order valence-corrected chi connectivity index (χ4v) is 0.973. The summed E-state index contributed by atoms with van der Waals surface area (Å²) in [6.45, 7) is 0. The normalized spacial score (nSPS) is 10.5. The number of aromatic carboxylic acids is 1. The minimum Gasteiger partial charge on any atom is -0.477 e. The third kappa shape index (κ3) is 2.07. The van der Waals surface area contributed by atoms with E-state index in [1.807, 2.05) is 0 Å². The second kappa shape index (κ2) is 4.13. The Labute approximate surface area is 85.5 Å². The van der Waals surface area contributed by atoms with E-state index < -0.39 is 40.2 Å². The Morgan fingerprint density at radius 1 is 1.56 bits per heavy atom. The smallest absolute Gasteiger partial charge is 0.347 e. The number of rotatable bonds is 3. The zero-order valence-electron chi connectivity index (χ0n) is 7.35. The number of carboxylic acid groups (broad SMARTS) is 1. The van der Waals surface area contributed by atoms with Gasteiger partial charge in [0.15, 0.2) is 5.56 Å². The van der Waals surface area contributed by atoms with Gasteiger partial charge in [-0.15, -0.1) is 0 Å². The lowest BCUT2D eigenvalue weighted by Gasteiger charge is -2.02. The Bertz CT molecular complexity index is 463. The number of pyridine rings is 1. The predicted octanol–water partition coefficient (Wildman–Crippen LogP) is 1.76. The molecule has 0 aliphatic carbocycles. The highest BCUT2D eigenvalue weighted by Gasteiger charge is 2.29. The number of aromatic nitrogens is 1. The second-order valence-corrected chi connectivity index (χ2v) is 2.60. The standard InChI is InChI=1S/C7H3F3N2O4/c8-5(9)2-1-3(12(15)16)4(7(13)14)6(10)11-2/h1,5H,(H,13,14). The summed E-state index contributed by atoms with van der Waals surface area (Å²) < 4.78 is 37.2. The molecule has 1 N–H and O–H groups in total. The van der Waals surface area contributed by atoms with Crippen LogP contribution in [0.4, 0.5) is 18.9 Å². The molecule has 0 atom stereocenters. The van der Waals surface area contributed by atoms with Gasteiger partial charge < -0.3 is 5.11 Å². The molecule has 0 saturated carbocycles. The molecule has 16 heavy (non-hydrogen) atoms. The van der Waals surface area contributed by atoms with Crippen molar-refractivity contribution in [2.45, 2.75) is 6.43 Å². The van der Waals surface area contributed by atoms with Crippen molar-refractivity contribution >= 4 is 11.7 Å². The van der Waals surface area contributed by atoms with Crippen molar-refractivity contribution in [2.75, 3.05) is 0 Å². The average Bonchev–Trinajstić information content (AvgIpc) is 2.15. The van der Waals surface area contributed by atoms with Crippen molar-refractivity contribution in [1.82, 2.24) is 4.98 Å². The summed E-state index contributed by atoms with van der Waals surface area (Å²) >= 11 is 0. The lowest BCUT2D eigenvalue weighted by atomic mass is 10.2. The highest BCUT2D eigenvalue weighted by Crippen LogP contribution is 2.26. The van der Waals surface area contributed by atoms with E-state index in [2.05, 4.69) is 4.98 Å². The van der Waals surface area contributed by atoms with Crippen LogP contribution in [0.3, 0.4) is 0 Å². The Morgan fingerprint density at radius 2 is 2.12 bits per heavy atom. The van der Waals surface area contributed by atoms with Gasteiger partial charge >= 0.3 is 5.97 Å². The molecule has 0 amide bonds. The van der Waals surface area contributed by atoms with Gasteiger partial charge in [0.25, 0.3) is 12.1 Å². The van der Waals surface area contributed by atoms with Crippen LogP contribution in [0.25, 0.3) is 0 Å². The van der Waals surface area contributed by atoms with Crippen molar-refractivity contribution in [3.8, 4) is 0 Å². The third-order valence-electron chi connectivity index (χ3n) is 1.61. The van der Waals surface area contributed by atoms with Crippen molar-refractivity contribution in [1.29, 1.82) is 0 Å². The summed E-state index contributed by atoms with van der Waals surface area (Å²) in [4.78, 5) is 22.2. The number of alkyl halides is 2. The molecule has 1 aromatic heterocycles. The molecule has 0 aromatic carbocycles. The molecule has 0 radical (unpaired) electrons. The predicted molar refractivity (Wildman–Crippen MR) is 42.8 cm³/mol. The summed E-state index contributed by atoms with van der Waals surface area (Å²) in [5.41, 5.74) is -3.78. The summed E-state index contributed by atoms with van der Waals surface area (Å²) in [5.74, 6) is -3.76. The van der Waals surface area contributed by atoms with Crippen LogP contribution in [-0.4, -0.2) is 21.0 Å². The van der Waals surface area contributed by atoms with E-state index in [0.29, 0.717) is 0 Å². The van der Waals surface area contributed by atoms with Gasteiger partial charge in [0, 0.05) is 6.07 Å². The SMILES string of the molecule is O=C(O)c1c([N+](=O)[O-])cc(C(F)F)nc1F. The highest BCUT2D eigenvalue weighted by molar-refractivity contribution is 5.92. The molecule has 0 spiro atoms. The zero-order valence-corrected chi connectivity index (χ0v) is 7.35.